The largest absolute Gasteiger partial charge is 0.346 e. The number of aromatic nitrogens is 4. The predicted octanol–water partition coefficient (Wildman–Crippen LogP) is 1.54. The Morgan fingerprint density at radius 1 is 1.35 bits per heavy atom. The van der Waals surface area contributed by atoms with Crippen molar-refractivity contribution < 1.29 is 8.42 Å². The molecule has 1 unspecified atom stereocenters. The van der Waals surface area contributed by atoms with Crippen molar-refractivity contribution in [1.82, 2.24) is 24.5 Å². The lowest BCUT2D eigenvalue weighted by atomic mass is 9.99. The van der Waals surface area contributed by atoms with Gasteiger partial charge in [-0.25, -0.2) is 13.4 Å². The van der Waals surface area contributed by atoms with E-state index in [4.69, 9.17) is 0 Å². The van der Waals surface area contributed by atoms with Crippen LogP contribution >= 0.6 is 0 Å². The molecule has 0 aromatic carbocycles. The molecule has 1 atom stereocenters. The molecule has 3 aromatic rings. The van der Waals surface area contributed by atoms with Crippen LogP contribution in [0.25, 0.3) is 11.0 Å². The van der Waals surface area contributed by atoms with Crippen LogP contribution in [-0.4, -0.2) is 46.0 Å². The van der Waals surface area contributed by atoms with Crippen molar-refractivity contribution in [2.45, 2.75) is 17.7 Å². The van der Waals surface area contributed by atoms with E-state index in [2.05, 4.69) is 26.2 Å². The monoisotopic (exact) mass is 331 g/mol. The highest BCUT2D eigenvalue weighted by Crippen LogP contribution is 2.26. The molecule has 1 saturated heterocycles. The van der Waals surface area contributed by atoms with Crippen LogP contribution in [0.4, 0.5) is 0 Å². The van der Waals surface area contributed by atoms with E-state index in [1.165, 1.54) is 12.4 Å². The Morgan fingerprint density at radius 3 is 3.09 bits per heavy atom. The number of H-pyrrole nitrogens is 2. The molecule has 1 aliphatic heterocycles. The second kappa shape index (κ2) is 5.47. The molecule has 4 rings (SSSR count). The Morgan fingerprint density at radius 2 is 2.26 bits per heavy atom. The number of aromatic amines is 2. The zero-order valence-electron chi connectivity index (χ0n) is 12.4. The highest BCUT2D eigenvalue weighted by molar-refractivity contribution is 7.89. The Bertz CT molecular complexity index is 916. The van der Waals surface area contributed by atoms with Gasteiger partial charge < -0.3 is 4.98 Å². The molecule has 120 valence electrons. The summed E-state index contributed by atoms with van der Waals surface area (Å²) in [5.41, 5.74) is 2.02. The molecule has 1 fully saturated rings. The topological polar surface area (TPSA) is 94.7 Å². The van der Waals surface area contributed by atoms with Gasteiger partial charge in [0, 0.05) is 37.1 Å². The van der Waals surface area contributed by atoms with E-state index < -0.39 is 10.0 Å². The Balaban J connectivity index is 1.48. The third-order valence-electron chi connectivity index (χ3n) is 4.34. The molecule has 8 heteroatoms. The Kier molecular flexibility index (Phi) is 3.42. The van der Waals surface area contributed by atoms with Gasteiger partial charge in [-0.2, -0.15) is 9.40 Å². The summed E-state index contributed by atoms with van der Waals surface area (Å²) < 4.78 is 26.5. The summed E-state index contributed by atoms with van der Waals surface area (Å²) in [6, 6.07) is 4.11. The zero-order valence-corrected chi connectivity index (χ0v) is 13.3. The summed E-state index contributed by atoms with van der Waals surface area (Å²) in [5.74, 6) is 0.315. The fourth-order valence-corrected chi connectivity index (χ4v) is 4.58. The molecular weight excluding hydrogens is 314 g/mol. The molecule has 23 heavy (non-hydrogen) atoms. The summed E-state index contributed by atoms with van der Waals surface area (Å²) in [7, 11) is -3.43. The fraction of sp³-hybridized carbons (Fsp3) is 0.333. The third kappa shape index (κ3) is 2.64. The van der Waals surface area contributed by atoms with Crippen LogP contribution in [0, 0.1) is 5.92 Å². The number of rotatable bonds is 4. The van der Waals surface area contributed by atoms with Crippen LogP contribution in [0.3, 0.4) is 0 Å². The standard InChI is InChI=1S/C15H17N5O2S/c21-23(22,14-8-18-19-9-14)20-4-2-11(10-20)5-12-6-13-1-3-16-15(13)17-7-12/h1,3,6-9,11H,2,4-5,10H2,(H,16,17)(H,18,19). The van der Waals surface area contributed by atoms with E-state index >= 15 is 0 Å². The van der Waals surface area contributed by atoms with Gasteiger partial charge in [-0.1, -0.05) is 0 Å². The zero-order chi connectivity index (χ0) is 15.9. The molecule has 0 radical (unpaired) electrons. The highest BCUT2D eigenvalue weighted by atomic mass is 32.2. The van der Waals surface area contributed by atoms with Crippen molar-refractivity contribution in [2.24, 2.45) is 5.92 Å². The van der Waals surface area contributed by atoms with E-state index in [0.29, 0.717) is 19.0 Å². The Labute approximate surface area is 133 Å². The first kappa shape index (κ1) is 14.4. The molecule has 4 heterocycles. The summed E-state index contributed by atoms with van der Waals surface area (Å²) >= 11 is 0. The van der Waals surface area contributed by atoms with Gasteiger partial charge in [-0.05, 0) is 36.5 Å². The molecule has 0 aliphatic carbocycles. The number of hydrogen-bond acceptors (Lipinski definition) is 4. The van der Waals surface area contributed by atoms with E-state index in [1.807, 2.05) is 18.5 Å². The lowest BCUT2D eigenvalue weighted by Gasteiger charge is -2.15. The van der Waals surface area contributed by atoms with Gasteiger partial charge in [0.2, 0.25) is 10.0 Å². The summed E-state index contributed by atoms with van der Waals surface area (Å²) in [4.78, 5) is 7.70. The molecule has 0 spiro atoms. The van der Waals surface area contributed by atoms with Crippen LogP contribution in [0.1, 0.15) is 12.0 Å². The van der Waals surface area contributed by atoms with Crippen molar-refractivity contribution in [3.63, 3.8) is 0 Å². The van der Waals surface area contributed by atoms with Gasteiger partial charge in [0.05, 0.1) is 6.20 Å². The number of fused-ring (bicyclic) bond motifs is 1. The summed E-state index contributed by atoms with van der Waals surface area (Å²) in [6.07, 6.45) is 8.22. The predicted molar refractivity (Wildman–Crippen MR) is 85.3 cm³/mol. The SMILES string of the molecule is O=S(=O)(c1cn[nH]c1)N1CCC(Cc2cnc3[nH]ccc3c2)C1. The smallest absolute Gasteiger partial charge is 0.246 e. The summed E-state index contributed by atoms with van der Waals surface area (Å²) in [5, 5.41) is 7.37. The number of nitrogens with zero attached hydrogens (tertiary/aromatic N) is 3. The van der Waals surface area contributed by atoms with Crippen molar-refractivity contribution in [1.29, 1.82) is 0 Å². The lowest BCUT2D eigenvalue weighted by molar-refractivity contribution is 0.456. The van der Waals surface area contributed by atoms with Crippen LogP contribution in [0.5, 0.6) is 0 Å². The maximum atomic E-state index is 12.5. The minimum atomic E-state index is -3.43. The molecular formula is C15H17N5O2S. The fourth-order valence-electron chi connectivity index (χ4n) is 3.14. The maximum absolute atomic E-state index is 12.5. The third-order valence-corrected chi connectivity index (χ3v) is 6.17. The second-order valence-electron chi connectivity index (χ2n) is 5.91. The van der Waals surface area contributed by atoms with Gasteiger partial charge in [0.1, 0.15) is 10.5 Å². The van der Waals surface area contributed by atoms with Crippen LogP contribution in [0.2, 0.25) is 0 Å². The van der Waals surface area contributed by atoms with E-state index in [0.717, 1.165) is 29.4 Å². The van der Waals surface area contributed by atoms with E-state index in [1.54, 1.807) is 4.31 Å². The average molecular weight is 331 g/mol. The van der Waals surface area contributed by atoms with Gasteiger partial charge >= 0.3 is 0 Å². The normalized spacial score (nSPS) is 19.6. The van der Waals surface area contributed by atoms with E-state index in [-0.39, 0.29) is 4.90 Å². The quantitative estimate of drug-likeness (QED) is 0.758. The van der Waals surface area contributed by atoms with Gasteiger partial charge in [-0.3, -0.25) is 5.10 Å². The first-order chi connectivity index (χ1) is 11.1. The second-order valence-corrected chi connectivity index (χ2v) is 7.85. The molecule has 1 aliphatic rings. The number of nitrogens with one attached hydrogen (secondary N) is 2. The minimum absolute atomic E-state index is 0.230. The Hall–Kier alpha value is -2.19. The highest BCUT2D eigenvalue weighted by Gasteiger charge is 2.33. The van der Waals surface area contributed by atoms with Crippen molar-refractivity contribution in [3.05, 3.63) is 42.5 Å². The molecule has 0 amide bonds. The van der Waals surface area contributed by atoms with Gasteiger partial charge in [0.15, 0.2) is 0 Å². The molecule has 0 bridgehead atoms. The van der Waals surface area contributed by atoms with Gasteiger partial charge in [0.25, 0.3) is 0 Å². The number of sulfonamides is 1. The maximum Gasteiger partial charge on any atom is 0.246 e. The number of hydrogen-bond donors (Lipinski definition) is 2. The van der Waals surface area contributed by atoms with Gasteiger partial charge in [-0.15, -0.1) is 0 Å². The summed E-state index contributed by atoms with van der Waals surface area (Å²) in [6.45, 7) is 1.09. The van der Waals surface area contributed by atoms with Crippen molar-refractivity contribution >= 4 is 21.1 Å². The van der Waals surface area contributed by atoms with Crippen LogP contribution in [-0.2, 0) is 16.4 Å². The van der Waals surface area contributed by atoms with Crippen LogP contribution in [0.15, 0.2) is 41.8 Å². The first-order valence-electron chi connectivity index (χ1n) is 7.54. The first-order valence-corrected chi connectivity index (χ1v) is 8.98. The number of pyridine rings is 1. The van der Waals surface area contributed by atoms with Crippen molar-refractivity contribution in [2.75, 3.05) is 13.1 Å². The average Bonchev–Trinajstić information content (AvgIpc) is 3.28. The minimum Gasteiger partial charge on any atom is -0.346 e. The molecule has 3 aromatic heterocycles. The van der Waals surface area contributed by atoms with Crippen LogP contribution < -0.4 is 0 Å². The molecule has 7 nitrogen and oxygen atoms in total. The molecule has 2 N–H and O–H groups in total. The van der Waals surface area contributed by atoms with E-state index in [9.17, 15) is 8.42 Å². The molecule has 0 saturated carbocycles. The lowest BCUT2D eigenvalue weighted by Crippen LogP contribution is -2.28. The van der Waals surface area contributed by atoms with Crippen molar-refractivity contribution in [3.8, 4) is 0 Å².